The molecular formula is C16H19N5O2S. The summed E-state index contributed by atoms with van der Waals surface area (Å²) in [5.74, 6) is 1.13. The van der Waals surface area contributed by atoms with E-state index < -0.39 is 0 Å². The van der Waals surface area contributed by atoms with E-state index in [0.29, 0.717) is 37.8 Å². The summed E-state index contributed by atoms with van der Waals surface area (Å²) in [5, 5.41) is 6.54. The normalized spacial score (nSPS) is 15.0. The van der Waals surface area contributed by atoms with Crippen LogP contribution in [-0.4, -0.2) is 57.9 Å². The molecule has 1 aliphatic rings. The first-order chi connectivity index (χ1) is 11.6. The highest BCUT2D eigenvalue weighted by Gasteiger charge is 2.23. The summed E-state index contributed by atoms with van der Waals surface area (Å²) in [6.07, 6.45) is 2.37. The van der Waals surface area contributed by atoms with E-state index in [-0.39, 0.29) is 11.9 Å². The Labute approximate surface area is 144 Å². The SMILES string of the molecule is Cc1nccc(NC(=O)N2CCCN(C(=O)c3ccsc3)CC2)n1. The topological polar surface area (TPSA) is 78.4 Å². The summed E-state index contributed by atoms with van der Waals surface area (Å²) in [5.41, 5.74) is 0.717. The van der Waals surface area contributed by atoms with E-state index in [4.69, 9.17) is 0 Å². The number of aromatic nitrogens is 2. The third-order valence-corrected chi connectivity index (χ3v) is 4.53. The number of nitrogens with zero attached hydrogens (tertiary/aromatic N) is 4. The Hall–Kier alpha value is -2.48. The van der Waals surface area contributed by atoms with Crippen LogP contribution >= 0.6 is 11.3 Å². The summed E-state index contributed by atoms with van der Waals surface area (Å²) >= 11 is 1.51. The van der Waals surface area contributed by atoms with Crippen LogP contribution in [0.25, 0.3) is 0 Å². The molecule has 0 unspecified atom stereocenters. The third-order valence-electron chi connectivity index (χ3n) is 3.85. The predicted octanol–water partition coefficient (Wildman–Crippen LogP) is 2.23. The van der Waals surface area contributed by atoms with Gasteiger partial charge in [0.1, 0.15) is 11.6 Å². The largest absolute Gasteiger partial charge is 0.337 e. The molecule has 3 heterocycles. The molecule has 0 spiro atoms. The van der Waals surface area contributed by atoms with E-state index in [2.05, 4.69) is 15.3 Å². The Bertz CT molecular complexity index is 719. The van der Waals surface area contributed by atoms with Gasteiger partial charge in [0.2, 0.25) is 0 Å². The summed E-state index contributed by atoms with van der Waals surface area (Å²) in [6.45, 7) is 4.08. The van der Waals surface area contributed by atoms with Gasteiger partial charge in [0, 0.05) is 37.8 Å². The van der Waals surface area contributed by atoms with Crippen molar-refractivity contribution < 1.29 is 9.59 Å². The van der Waals surface area contributed by atoms with E-state index in [9.17, 15) is 9.59 Å². The van der Waals surface area contributed by atoms with Gasteiger partial charge in [0.05, 0.1) is 5.56 Å². The Morgan fingerprint density at radius 3 is 2.71 bits per heavy atom. The van der Waals surface area contributed by atoms with Crippen molar-refractivity contribution in [2.75, 3.05) is 31.5 Å². The van der Waals surface area contributed by atoms with Gasteiger partial charge in [0.25, 0.3) is 5.91 Å². The Morgan fingerprint density at radius 2 is 1.96 bits per heavy atom. The second-order valence-corrected chi connectivity index (χ2v) is 6.34. The predicted molar refractivity (Wildman–Crippen MR) is 92.2 cm³/mol. The minimum Gasteiger partial charge on any atom is -0.337 e. The zero-order chi connectivity index (χ0) is 16.9. The lowest BCUT2D eigenvalue weighted by molar-refractivity contribution is 0.0763. The van der Waals surface area contributed by atoms with Gasteiger partial charge in [-0.15, -0.1) is 0 Å². The van der Waals surface area contributed by atoms with E-state index in [1.807, 2.05) is 21.7 Å². The molecule has 1 aliphatic heterocycles. The molecule has 3 rings (SSSR count). The number of carbonyl (C=O) groups is 2. The first kappa shape index (κ1) is 16.4. The molecule has 126 valence electrons. The van der Waals surface area contributed by atoms with E-state index in [1.165, 1.54) is 11.3 Å². The molecule has 7 nitrogen and oxygen atoms in total. The Balaban J connectivity index is 1.59. The molecule has 0 aliphatic carbocycles. The highest BCUT2D eigenvalue weighted by Crippen LogP contribution is 2.13. The minimum atomic E-state index is -0.196. The van der Waals surface area contributed by atoms with Crippen molar-refractivity contribution in [2.24, 2.45) is 0 Å². The van der Waals surface area contributed by atoms with Gasteiger partial charge in [-0.3, -0.25) is 10.1 Å². The number of urea groups is 1. The second-order valence-electron chi connectivity index (χ2n) is 5.56. The molecule has 1 N–H and O–H groups in total. The van der Waals surface area contributed by atoms with Crippen LogP contribution < -0.4 is 5.32 Å². The number of amides is 3. The zero-order valence-corrected chi connectivity index (χ0v) is 14.3. The average Bonchev–Trinajstić information content (AvgIpc) is 2.98. The molecule has 1 fully saturated rings. The maximum atomic E-state index is 12.4. The van der Waals surface area contributed by atoms with Crippen LogP contribution in [0.2, 0.25) is 0 Å². The van der Waals surface area contributed by atoms with Crippen LogP contribution in [0.15, 0.2) is 29.1 Å². The highest BCUT2D eigenvalue weighted by molar-refractivity contribution is 7.08. The fourth-order valence-corrected chi connectivity index (χ4v) is 3.24. The molecule has 0 atom stereocenters. The number of anilines is 1. The summed E-state index contributed by atoms with van der Waals surface area (Å²) in [6, 6.07) is 3.30. The summed E-state index contributed by atoms with van der Waals surface area (Å²) in [7, 11) is 0. The van der Waals surface area contributed by atoms with Crippen LogP contribution in [0.3, 0.4) is 0 Å². The van der Waals surface area contributed by atoms with Gasteiger partial charge in [0.15, 0.2) is 0 Å². The quantitative estimate of drug-likeness (QED) is 0.905. The number of aryl methyl sites for hydroxylation is 1. The molecule has 0 radical (unpaired) electrons. The monoisotopic (exact) mass is 345 g/mol. The van der Waals surface area contributed by atoms with Crippen molar-refractivity contribution in [1.82, 2.24) is 19.8 Å². The van der Waals surface area contributed by atoms with Crippen LogP contribution in [-0.2, 0) is 0 Å². The molecule has 2 aromatic heterocycles. The van der Waals surface area contributed by atoms with Crippen molar-refractivity contribution >= 4 is 29.1 Å². The lowest BCUT2D eigenvalue weighted by atomic mass is 10.3. The third kappa shape index (κ3) is 3.88. The average molecular weight is 345 g/mol. The van der Waals surface area contributed by atoms with Crippen molar-refractivity contribution in [3.05, 3.63) is 40.5 Å². The first-order valence-corrected chi connectivity index (χ1v) is 8.75. The molecule has 2 aromatic rings. The number of thiophene rings is 1. The van der Waals surface area contributed by atoms with Crippen LogP contribution in [0.1, 0.15) is 22.6 Å². The summed E-state index contributed by atoms with van der Waals surface area (Å²) < 4.78 is 0. The number of rotatable bonds is 2. The van der Waals surface area contributed by atoms with E-state index >= 15 is 0 Å². The van der Waals surface area contributed by atoms with Crippen LogP contribution in [0.5, 0.6) is 0 Å². The van der Waals surface area contributed by atoms with Crippen molar-refractivity contribution in [1.29, 1.82) is 0 Å². The van der Waals surface area contributed by atoms with Crippen LogP contribution in [0, 0.1) is 6.92 Å². The standard InChI is InChI=1S/C16H19N5O2S/c1-12-17-5-3-14(18-12)19-16(23)21-7-2-6-20(8-9-21)15(22)13-4-10-24-11-13/h3-5,10-11H,2,6-9H2,1H3,(H,17,18,19,23). The first-order valence-electron chi connectivity index (χ1n) is 7.80. The fourth-order valence-electron chi connectivity index (χ4n) is 2.61. The highest BCUT2D eigenvalue weighted by atomic mass is 32.1. The van der Waals surface area contributed by atoms with Gasteiger partial charge >= 0.3 is 6.03 Å². The lowest BCUT2D eigenvalue weighted by Crippen LogP contribution is -2.39. The number of hydrogen-bond donors (Lipinski definition) is 1. The van der Waals surface area contributed by atoms with Gasteiger partial charge in [-0.25, -0.2) is 14.8 Å². The zero-order valence-electron chi connectivity index (χ0n) is 13.4. The maximum absolute atomic E-state index is 12.4. The lowest BCUT2D eigenvalue weighted by Gasteiger charge is -2.22. The van der Waals surface area contributed by atoms with Crippen molar-refractivity contribution in [2.45, 2.75) is 13.3 Å². The molecule has 3 amide bonds. The minimum absolute atomic E-state index is 0.0323. The molecule has 24 heavy (non-hydrogen) atoms. The van der Waals surface area contributed by atoms with Gasteiger partial charge in [-0.2, -0.15) is 11.3 Å². The fraction of sp³-hybridized carbons (Fsp3) is 0.375. The molecular weight excluding hydrogens is 326 g/mol. The van der Waals surface area contributed by atoms with E-state index in [1.54, 1.807) is 24.1 Å². The number of hydrogen-bond acceptors (Lipinski definition) is 5. The molecule has 1 saturated heterocycles. The Kier molecular flexibility index (Phi) is 5.05. The van der Waals surface area contributed by atoms with E-state index in [0.717, 1.165) is 12.0 Å². The second kappa shape index (κ2) is 7.39. The van der Waals surface area contributed by atoms with Crippen molar-refractivity contribution in [3.8, 4) is 0 Å². The van der Waals surface area contributed by atoms with Crippen LogP contribution in [0.4, 0.5) is 10.6 Å². The maximum Gasteiger partial charge on any atom is 0.323 e. The summed E-state index contributed by atoms with van der Waals surface area (Å²) in [4.78, 5) is 36.5. The number of nitrogens with one attached hydrogen (secondary N) is 1. The van der Waals surface area contributed by atoms with Gasteiger partial charge in [-0.1, -0.05) is 0 Å². The van der Waals surface area contributed by atoms with Gasteiger partial charge < -0.3 is 9.80 Å². The smallest absolute Gasteiger partial charge is 0.323 e. The molecule has 0 bridgehead atoms. The molecule has 8 heteroatoms. The molecule has 0 aromatic carbocycles. The number of carbonyl (C=O) groups excluding carboxylic acids is 2. The van der Waals surface area contributed by atoms with Gasteiger partial charge in [-0.05, 0) is 30.9 Å². The molecule has 0 saturated carbocycles. The Morgan fingerprint density at radius 1 is 1.17 bits per heavy atom. The van der Waals surface area contributed by atoms with Crippen molar-refractivity contribution in [3.63, 3.8) is 0 Å².